The number of carbonyl (C=O) groups is 1. The number of aromatic carboxylic acids is 1. The van der Waals surface area contributed by atoms with Crippen LogP contribution in [0.15, 0.2) is 10.9 Å². The quantitative estimate of drug-likeness (QED) is 0.590. The van der Waals surface area contributed by atoms with E-state index >= 15 is 0 Å². The maximum Gasteiger partial charge on any atom is 0.345 e. The summed E-state index contributed by atoms with van der Waals surface area (Å²) < 4.78 is 12.0. The summed E-state index contributed by atoms with van der Waals surface area (Å²) in [5.74, 6) is -1.36. The molecule has 8 heteroatoms. The molecule has 3 rings (SSSR count). The third-order valence-electron chi connectivity index (χ3n) is 5.59. The van der Waals surface area contributed by atoms with Crippen molar-refractivity contribution >= 4 is 5.97 Å². The number of aromatic amines is 1. The third kappa shape index (κ3) is 4.24. The lowest BCUT2D eigenvalue weighted by molar-refractivity contribution is 0.0691. The number of hydrogen-bond donors (Lipinski definition) is 3. The lowest BCUT2D eigenvalue weighted by atomic mass is 9.75. The standard InChI is InChI=1S/C23H30N2O6/c1-6-8-9-30-14-10-15-18(24-13(14)7-2)19-16(12(11-31-15)23(3,4)5)20(26)17(22(28)29)21(27)25-19/h10,12H,6-9,11H2,1-5H3,(H,28,29)(H2,25,26,27). The van der Waals surface area contributed by atoms with Crippen LogP contribution in [0.4, 0.5) is 0 Å². The number of aromatic hydroxyl groups is 1. The fourth-order valence-electron chi connectivity index (χ4n) is 3.78. The van der Waals surface area contributed by atoms with Crippen molar-refractivity contribution in [3.8, 4) is 28.6 Å². The van der Waals surface area contributed by atoms with Gasteiger partial charge in [-0.1, -0.05) is 41.0 Å². The first-order valence-corrected chi connectivity index (χ1v) is 10.6. The van der Waals surface area contributed by atoms with Gasteiger partial charge in [-0.3, -0.25) is 4.79 Å². The minimum absolute atomic E-state index is 0.184. The summed E-state index contributed by atoms with van der Waals surface area (Å²) >= 11 is 0. The summed E-state index contributed by atoms with van der Waals surface area (Å²) in [6.07, 6.45) is 2.51. The van der Waals surface area contributed by atoms with E-state index in [1.165, 1.54) is 0 Å². The number of nitrogens with one attached hydrogen (secondary N) is 1. The number of nitrogens with zero attached hydrogens (tertiary/aromatic N) is 1. The van der Waals surface area contributed by atoms with Crippen molar-refractivity contribution in [3.05, 3.63) is 33.2 Å². The van der Waals surface area contributed by atoms with E-state index < -0.39 is 28.3 Å². The summed E-state index contributed by atoms with van der Waals surface area (Å²) in [7, 11) is 0. The van der Waals surface area contributed by atoms with Crippen molar-refractivity contribution in [1.82, 2.24) is 9.97 Å². The molecule has 0 aromatic carbocycles. The summed E-state index contributed by atoms with van der Waals surface area (Å²) in [5.41, 5.74) is -0.269. The Morgan fingerprint density at radius 3 is 2.65 bits per heavy atom. The predicted octanol–water partition coefficient (Wildman–Crippen LogP) is 4.10. The van der Waals surface area contributed by atoms with Crippen molar-refractivity contribution in [2.75, 3.05) is 13.2 Å². The number of aromatic nitrogens is 2. The molecule has 0 radical (unpaired) electrons. The summed E-state index contributed by atoms with van der Waals surface area (Å²) in [5, 5.41) is 20.4. The number of unbranched alkanes of at least 4 members (excludes halogenated alkanes) is 1. The molecule has 168 valence electrons. The van der Waals surface area contributed by atoms with E-state index in [2.05, 4.69) is 11.9 Å². The molecule has 1 unspecified atom stereocenters. The normalized spacial score (nSPS) is 15.5. The van der Waals surface area contributed by atoms with Crippen LogP contribution in [0.25, 0.3) is 11.4 Å². The Labute approximate surface area is 181 Å². The fourth-order valence-corrected chi connectivity index (χ4v) is 3.78. The number of hydrogen-bond acceptors (Lipinski definition) is 6. The van der Waals surface area contributed by atoms with E-state index in [-0.39, 0.29) is 18.2 Å². The lowest BCUT2D eigenvalue weighted by Crippen LogP contribution is -2.27. The monoisotopic (exact) mass is 430 g/mol. The van der Waals surface area contributed by atoms with Gasteiger partial charge in [0.05, 0.1) is 24.6 Å². The molecule has 1 aliphatic rings. The molecule has 0 spiro atoms. The molecule has 0 fully saturated rings. The van der Waals surface area contributed by atoms with Crippen LogP contribution in [0.2, 0.25) is 0 Å². The smallest absolute Gasteiger partial charge is 0.345 e. The van der Waals surface area contributed by atoms with Gasteiger partial charge in [-0.2, -0.15) is 0 Å². The van der Waals surface area contributed by atoms with E-state index in [0.29, 0.717) is 41.5 Å². The molecule has 0 amide bonds. The van der Waals surface area contributed by atoms with Crippen molar-refractivity contribution in [1.29, 1.82) is 0 Å². The van der Waals surface area contributed by atoms with Crippen molar-refractivity contribution in [2.24, 2.45) is 5.41 Å². The molecule has 0 saturated heterocycles. The lowest BCUT2D eigenvalue weighted by Gasteiger charge is -2.31. The number of fused-ring (bicyclic) bond motifs is 3. The molecule has 2 aromatic heterocycles. The van der Waals surface area contributed by atoms with Crippen LogP contribution >= 0.6 is 0 Å². The minimum Gasteiger partial charge on any atom is -0.506 e. The average Bonchev–Trinajstić information content (AvgIpc) is 2.84. The van der Waals surface area contributed by atoms with Gasteiger partial charge < -0.3 is 24.7 Å². The van der Waals surface area contributed by atoms with Gasteiger partial charge in [-0.15, -0.1) is 0 Å². The van der Waals surface area contributed by atoms with Gasteiger partial charge in [0.1, 0.15) is 17.2 Å². The Hall–Kier alpha value is -3.03. The SMILES string of the molecule is CCCCOc1cc2c(nc1CC)-c1[nH]c(=O)c(C(=O)O)c(O)c1C(C(C)(C)C)CO2. The molecule has 0 bridgehead atoms. The Kier molecular flexibility index (Phi) is 6.29. The fraction of sp³-hybridized carbons (Fsp3) is 0.522. The molecule has 1 aliphatic heterocycles. The minimum atomic E-state index is -1.48. The largest absolute Gasteiger partial charge is 0.506 e. The van der Waals surface area contributed by atoms with Crippen LogP contribution in [-0.2, 0) is 6.42 Å². The molecule has 8 nitrogen and oxygen atoms in total. The number of ether oxygens (including phenoxy) is 2. The van der Waals surface area contributed by atoms with Crippen LogP contribution in [0.1, 0.15) is 75.0 Å². The van der Waals surface area contributed by atoms with Gasteiger partial charge in [0.15, 0.2) is 11.3 Å². The van der Waals surface area contributed by atoms with E-state index in [0.717, 1.165) is 12.8 Å². The molecule has 2 aromatic rings. The molecule has 3 heterocycles. The third-order valence-corrected chi connectivity index (χ3v) is 5.59. The Balaban J connectivity index is 2.29. The Morgan fingerprint density at radius 1 is 1.35 bits per heavy atom. The summed E-state index contributed by atoms with van der Waals surface area (Å²) in [6.45, 7) is 10.7. The van der Waals surface area contributed by atoms with Crippen molar-refractivity contribution < 1.29 is 24.5 Å². The first kappa shape index (κ1) is 22.7. The van der Waals surface area contributed by atoms with E-state index in [1.807, 2.05) is 27.7 Å². The zero-order valence-corrected chi connectivity index (χ0v) is 18.7. The highest BCUT2D eigenvalue weighted by Gasteiger charge is 2.38. The topological polar surface area (TPSA) is 122 Å². The first-order valence-electron chi connectivity index (χ1n) is 10.6. The number of aryl methyl sites for hydroxylation is 1. The number of carboxylic acids is 1. The number of carboxylic acid groups (broad SMARTS) is 1. The second kappa shape index (κ2) is 8.61. The summed E-state index contributed by atoms with van der Waals surface area (Å²) in [4.78, 5) is 31.5. The number of rotatable bonds is 6. The van der Waals surface area contributed by atoms with E-state index in [9.17, 15) is 19.8 Å². The molecule has 31 heavy (non-hydrogen) atoms. The molecular formula is C23H30N2O6. The van der Waals surface area contributed by atoms with Crippen LogP contribution in [0, 0.1) is 5.41 Å². The Bertz CT molecular complexity index is 1050. The summed E-state index contributed by atoms with van der Waals surface area (Å²) in [6, 6.07) is 1.77. The highest BCUT2D eigenvalue weighted by atomic mass is 16.5. The molecule has 0 aliphatic carbocycles. The second-order valence-corrected chi connectivity index (χ2v) is 8.84. The molecule has 1 atom stereocenters. The second-order valence-electron chi connectivity index (χ2n) is 8.84. The Morgan fingerprint density at radius 2 is 2.06 bits per heavy atom. The van der Waals surface area contributed by atoms with E-state index in [1.54, 1.807) is 6.07 Å². The van der Waals surface area contributed by atoms with Crippen LogP contribution < -0.4 is 15.0 Å². The van der Waals surface area contributed by atoms with Crippen LogP contribution in [-0.4, -0.2) is 39.4 Å². The average molecular weight is 431 g/mol. The number of pyridine rings is 2. The van der Waals surface area contributed by atoms with Gasteiger partial charge >= 0.3 is 5.97 Å². The molecular weight excluding hydrogens is 400 g/mol. The van der Waals surface area contributed by atoms with E-state index in [4.69, 9.17) is 14.5 Å². The predicted molar refractivity (Wildman–Crippen MR) is 116 cm³/mol. The van der Waals surface area contributed by atoms with Crippen molar-refractivity contribution in [3.63, 3.8) is 0 Å². The highest BCUT2D eigenvalue weighted by Crippen LogP contribution is 2.48. The van der Waals surface area contributed by atoms with Crippen LogP contribution in [0.5, 0.6) is 17.2 Å². The molecule has 3 N–H and O–H groups in total. The highest BCUT2D eigenvalue weighted by molar-refractivity contribution is 5.92. The van der Waals surface area contributed by atoms with Crippen LogP contribution in [0.3, 0.4) is 0 Å². The number of H-pyrrole nitrogens is 1. The first-order chi connectivity index (χ1) is 14.6. The maximum atomic E-state index is 12.5. The van der Waals surface area contributed by atoms with Gasteiger partial charge in [-0.25, -0.2) is 9.78 Å². The maximum absolute atomic E-state index is 12.5. The van der Waals surface area contributed by atoms with Gasteiger partial charge in [0.2, 0.25) is 0 Å². The van der Waals surface area contributed by atoms with Gasteiger partial charge in [-0.05, 0) is 18.3 Å². The van der Waals surface area contributed by atoms with Crippen molar-refractivity contribution in [2.45, 2.75) is 59.8 Å². The van der Waals surface area contributed by atoms with Gasteiger partial charge in [0.25, 0.3) is 5.56 Å². The molecule has 0 saturated carbocycles. The van der Waals surface area contributed by atoms with Gasteiger partial charge in [0, 0.05) is 17.5 Å². The zero-order valence-electron chi connectivity index (χ0n) is 18.7. The zero-order chi connectivity index (χ0) is 22.9.